The van der Waals surface area contributed by atoms with Gasteiger partial charge in [-0.1, -0.05) is 12.1 Å². The fraction of sp³-hybridized carbons (Fsp3) is 0.667. The number of amides is 2. The lowest BCUT2D eigenvalue weighted by molar-refractivity contribution is 0.0130. The highest BCUT2D eigenvalue weighted by molar-refractivity contribution is 5.97. The number of ether oxygens (including phenoxy) is 2. The van der Waals surface area contributed by atoms with Crippen molar-refractivity contribution in [1.82, 2.24) is 15.1 Å². The third kappa shape index (κ3) is 6.35. The van der Waals surface area contributed by atoms with Crippen LogP contribution in [0.3, 0.4) is 0 Å². The third-order valence-electron chi connectivity index (χ3n) is 6.04. The molecule has 7 nitrogen and oxygen atoms in total. The lowest BCUT2D eigenvalue weighted by atomic mass is 9.86. The molecular formula is C24H37N3O4. The molecule has 1 saturated heterocycles. The summed E-state index contributed by atoms with van der Waals surface area (Å²) in [5.74, 6) is 0.986. The monoisotopic (exact) mass is 431 g/mol. The van der Waals surface area contributed by atoms with E-state index in [0.29, 0.717) is 36.9 Å². The number of piperidine rings is 1. The average Bonchev–Trinajstić information content (AvgIpc) is 2.73. The number of carbonyl (C=O) groups excluding carboxylic acids is 2. The van der Waals surface area contributed by atoms with Crippen molar-refractivity contribution in [2.75, 3.05) is 39.8 Å². The van der Waals surface area contributed by atoms with E-state index in [1.165, 1.54) is 0 Å². The first-order valence-corrected chi connectivity index (χ1v) is 11.4. The van der Waals surface area contributed by atoms with Crippen molar-refractivity contribution in [3.8, 4) is 5.75 Å². The highest BCUT2D eigenvalue weighted by Gasteiger charge is 2.34. The Balaban J connectivity index is 1.71. The predicted molar refractivity (Wildman–Crippen MR) is 120 cm³/mol. The van der Waals surface area contributed by atoms with Crippen LogP contribution in [0, 0.1) is 5.92 Å². The SMILES string of the molecule is CN1C(=O)c2ccccc2OCCCNCCC1C1CCN(C(=O)OC(C)(C)C)CC1. The van der Waals surface area contributed by atoms with Crippen LogP contribution >= 0.6 is 0 Å². The maximum Gasteiger partial charge on any atom is 0.410 e. The number of benzene rings is 1. The fourth-order valence-corrected chi connectivity index (χ4v) is 4.40. The fourth-order valence-electron chi connectivity index (χ4n) is 4.40. The zero-order valence-electron chi connectivity index (χ0n) is 19.4. The average molecular weight is 432 g/mol. The highest BCUT2D eigenvalue weighted by atomic mass is 16.6. The van der Waals surface area contributed by atoms with Crippen molar-refractivity contribution in [3.05, 3.63) is 29.8 Å². The van der Waals surface area contributed by atoms with Crippen molar-refractivity contribution in [2.24, 2.45) is 5.92 Å². The summed E-state index contributed by atoms with van der Waals surface area (Å²) >= 11 is 0. The number of para-hydroxylation sites is 1. The van der Waals surface area contributed by atoms with Crippen molar-refractivity contribution in [1.29, 1.82) is 0 Å². The van der Waals surface area contributed by atoms with E-state index in [9.17, 15) is 9.59 Å². The molecule has 2 heterocycles. The van der Waals surface area contributed by atoms with E-state index >= 15 is 0 Å². The van der Waals surface area contributed by atoms with Crippen molar-refractivity contribution in [3.63, 3.8) is 0 Å². The van der Waals surface area contributed by atoms with Crippen molar-refractivity contribution in [2.45, 2.75) is 58.1 Å². The number of likely N-dealkylation sites (tertiary alicyclic amines) is 1. The smallest absolute Gasteiger partial charge is 0.410 e. The number of hydrogen-bond donors (Lipinski definition) is 1. The van der Waals surface area contributed by atoms with Crippen LogP contribution in [-0.2, 0) is 4.74 Å². The first-order chi connectivity index (χ1) is 14.8. The zero-order chi connectivity index (χ0) is 22.4. The van der Waals surface area contributed by atoms with E-state index in [1.807, 2.05) is 57.0 Å². The molecular weight excluding hydrogens is 394 g/mol. The van der Waals surface area contributed by atoms with Crippen LogP contribution in [0.25, 0.3) is 0 Å². The number of nitrogens with zero attached hydrogens (tertiary/aromatic N) is 2. The Morgan fingerprint density at radius 1 is 1.13 bits per heavy atom. The van der Waals surface area contributed by atoms with Crippen molar-refractivity contribution >= 4 is 12.0 Å². The Morgan fingerprint density at radius 3 is 2.55 bits per heavy atom. The molecule has 0 spiro atoms. The summed E-state index contributed by atoms with van der Waals surface area (Å²) in [4.78, 5) is 29.5. The maximum atomic E-state index is 13.4. The number of hydrogen-bond acceptors (Lipinski definition) is 5. The Kier molecular flexibility index (Phi) is 7.81. The van der Waals surface area contributed by atoms with Gasteiger partial charge in [-0.3, -0.25) is 4.79 Å². The van der Waals surface area contributed by atoms with E-state index in [1.54, 1.807) is 4.90 Å². The molecule has 7 heteroatoms. The minimum atomic E-state index is -0.491. The molecule has 1 aromatic rings. The van der Waals surface area contributed by atoms with Gasteiger partial charge in [-0.05, 0) is 77.6 Å². The van der Waals surface area contributed by atoms with Crippen LogP contribution in [0.15, 0.2) is 24.3 Å². The molecule has 1 N–H and O–H groups in total. The highest BCUT2D eigenvalue weighted by Crippen LogP contribution is 2.29. The molecule has 1 fully saturated rings. The summed E-state index contributed by atoms with van der Waals surface area (Å²) in [6.45, 7) is 9.32. The van der Waals surface area contributed by atoms with Crippen LogP contribution in [0.1, 0.15) is 56.8 Å². The minimum Gasteiger partial charge on any atom is -0.493 e. The second-order valence-corrected chi connectivity index (χ2v) is 9.53. The number of carbonyl (C=O) groups is 2. The number of rotatable bonds is 1. The molecule has 0 saturated carbocycles. The van der Waals surface area contributed by atoms with Gasteiger partial charge in [-0.15, -0.1) is 0 Å². The molecule has 3 rings (SSSR count). The van der Waals surface area contributed by atoms with Gasteiger partial charge in [0.15, 0.2) is 0 Å². The second kappa shape index (κ2) is 10.4. The third-order valence-corrected chi connectivity index (χ3v) is 6.04. The second-order valence-electron chi connectivity index (χ2n) is 9.53. The van der Waals surface area contributed by atoms with Gasteiger partial charge >= 0.3 is 6.09 Å². The van der Waals surface area contributed by atoms with Crippen LogP contribution in [0.4, 0.5) is 4.79 Å². The summed E-state index contributed by atoms with van der Waals surface area (Å²) in [6.07, 6.45) is 3.26. The van der Waals surface area contributed by atoms with Gasteiger partial charge in [0.1, 0.15) is 11.4 Å². The van der Waals surface area contributed by atoms with E-state index in [2.05, 4.69) is 5.32 Å². The van der Waals surface area contributed by atoms with Crippen LogP contribution in [0.2, 0.25) is 0 Å². The topological polar surface area (TPSA) is 71.1 Å². The molecule has 172 valence electrons. The molecule has 1 unspecified atom stereocenters. The van der Waals surface area contributed by atoms with Gasteiger partial charge in [-0.2, -0.15) is 0 Å². The maximum absolute atomic E-state index is 13.4. The van der Waals surface area contributed by atoms with Gasteiger partial charge in [0, 0.05) is 26.2 Å². The summed E-state index contributed by atoms with van der Waals surface area (Å²) in [7, 11) is 1.90. The Hall–Kier alpha value is -2.28. The number of fused-ring (bicyclic) bond motifs is 1. The largest absolute Gasteiger partial charge is 0.493 e. The number of nitrogens with one attached hydrogen (secondary N) is 1. The molecule has 2 amide bonds. The Bertz CT molecular complexity index is 753. The Labute approximate surface area is 186 Å². The molecule has 1 aromatic carbocycles. The normalized spacial score (nSPS) is 22.1. The zero-order valence-corrected chi connectivity index (χ0v) is 19.4. The Morgan fingerprint density at radius 2 is 1.84 bits per heavy atom. The molecule has 0 aliphatic carbocycles. The molecule has 0 aromatic heterocycles. The van der Waals surface area contributed by atoms with Crippen LogP contribution in [-0.4, -0.2) is 73.3 Å². The van der Waals surface area contributed by atoms with E-state index in [4.69, 9.17) is 9.47 Å². The summed E-state index contributed by atoms with van der Waals surface area (Å²) < 4.78 is 11.4. The first-order valence-electron chi connectivity index (χ1n) is 11.4. The molecule has 2 aliphatic rings. The summed E-state index contributed by atoms with van der Waals surface area (Å²) in [5, 5.41) is 3.48. The molecule has 31 heavy (non-hydrogen) atoms. The van der Waals surface area contributed by atoms with E-state index in [0.717, 1.165) is 38.8 Å². The van der Waals surface area contributed by atoms with Gasteiger partial charge in [0.05, 0.1) is 12.2 Å². The molecule has 1 atom stereocenters. The molecule has 0 bridgehead atoms. The summed E-state index contributed by atoms with van der Waals surface area (Å²) in [5.41, 5.74) is 0.129. The molecule has 0 radical (unpaired) electrons. The minimum absolute atomic E-state index is 0.00394. The molecule has 2 aliphatic heterocycles. The van der Waals surface area contributed by atoms with Gasteiger partial charge in [0.2, 0.25) is 0 Å². The van der Waals surface area contributed by atoms with Gasteiger partial charge < -0.3 is 24.6 Å². The van der Waals surface area contributed by atoms with Crippen LogP contribution in [0.5, 0.6) is 5.75 Å². The van der Waals surface area contributed by atoms with E-state index in [-0.39, 0.29) is 18.0 Å². The first kappa shape index (κ1) is 23.4. The predicted octanol–water partition coefficient (Wildman–Crippen LogP) is 3.54. The van der Waals surface area contributed by atoms with Crippen molar-refractivity contribution < 1.29 is 19.1 Å². The standard InChI is InChI=1S/C24H37N3O4/c1-24(2,3)31-23(29)27-15-11-18(12-16-27)20-10-14-25-13-7-17-30-21-9-6-5-8-19(21)22(28)26(20)4/h5-6,8-9,18,20,25H,7,10-17H2,1-4H3. The van der Waals surface area contributed by atoms with E-state index < -0.39 is 5.60 Å². The van der Waals surface area contributed by atoms with Crippen LogP contribution < -0.4 is 10.1 Å². The lowest BCUT2D eigenvalue weighted by Gasteiger charge is -2.40. The lowest BCUT2D eigenvalue weighted by Crippen LogP contribution is -2.49. The quantitative estimate of drug-likeness (QED) is 0.737. The van der Waals surface area contributed by atoms with Gasteiger partial charge in [-0.25, -0.2) is 4.79 Å². The summed E-state index contributed by atoms with van der Waals surface area (Å²) in [6, 6.07) is 7.61. The van der Waals surface area contributed by atoms with Gasteiger partial charge in [0.25, 0.3) is 5.91 Å².